The molecular formula is C25H24N4O6. The number of nitrogens with one attached hydrogen (secondary N) is 1. The fourth-order valence-corrected chi connectivity index (χ4v) is 5.06. The lowest BCUT2D eigenvalue weighted by molar-refractivity contribution is -0.144. The number of aromatic nitrogens is 2. The van der Waals surface area contributed by atoms with Crippen LogP contribution in [0, 0.1) is 5.41 Å². The monoisotopic (exact) mass is 476 g/mol. The van der Waals surface area contributed by atoms with Crippen LogP contribution in [0.2, 0.25) is 0 Å². The van der Waals surface area contributed by atoms with Crippen molar-refractivity contribution < 1.29 is 28.9 Å². The van der Waals surface area contributed by atoms with Crippen molar-refractivity contribution in [3.05, 3.63) is 65.4 Å². The summed E-state index contributed by atoms with van der Waals surface area (Å²) in [6, 6.07) is 14.9. The minimum atomic E-state index is -1.11. The van der Waals surface area contributed by atoms with E-state index >= 15 is 0 Å². The van der Waals surface area contributed by atoms with E-state index in [0.717, 1.165) is 22.3 Å². The third-order valence-electron chi connectivity index (χ3n) is 6.80. The predicted octanol–water partition coefficient (Wildman–Crippen LogP) is 3.76. The molecule has 1 aromatic heterocycles. The Morgan fingerprint density at radius 3 is 2.34 bits per heavy atom. The third kappa shape index (κ3) is 3.90. The van der Waals surface area contributed by atoms with Gasteiger partial charge in [0.25, 0.3) is 5.91 Å². The van der Waals surface area contributed by atoms with Gasteiger partial charge in [0.1, 0.15) is 12.6 Å². The number of rotatable bonds is 5. The number of nitrogens with zero attached hydrogens (tertiary/aromatic N) is 3. The van der Waals surface area contributed by atoms with Gasteiger partial charge in [0.05, 0.1) is 0 Å². The Kier molecular flexibility index (Phi) is 5.50. The zero-order chi connectivity index (χ0) is 24.7. The molecule has 0 radical (unpaired) electrons. The lowest BCUT2D eigenvalue weighted by atomic mass is 9.85. The van der Waals surface area contributed by atoms with E-state index in [0.29, 0.717) is 6.42 Å². The van der Waals surface area contributed by atoms with Crippen LogP contribution in [0.3, 0.4) is 0 Å². The number of likely N-dealkylation sites (tertiary alicyclic amines) is 1. The van der Waals surface area contributed by atoms with Gasteiger partial charge in [-0.25, -0.2) is 14.2 Å². The number of hydrogen-bond donors (Lipinski definition) is 2. The molecule has 1 fully saturated rings. The molecular weight excluding hydrogens is 452 g/mol. The Morgan fingerprint density at radius 2 is 1.71 bits per heavy atom. The molecule has 1 aliphatic heterocycles. The molecule has 0 saturated carbocycles. The van der Waals surface area contributed by atoms with E-state index in [9.17, 15) is 19.5 Å². The van der Waals surface area contributed by atoms with E-state index in [1.807, 2.05) is 48.5 Å². The van der Waals surface area contributed by atoms with Crippen molar-refractivity contribution in [3.63, 3.8) is 0 Å². The van der Waals surface area contributed by atoms with Crippen molar-refractivity contribution >= 4 is 23.8 Å². The Bertz CT molecular complexity index is 1270. The highest BCUT2D eigenvalue weighted by molar-refractivity contribution is 6.01. The normalized spacial score (nSPS) is 18.1. The summed E-state index contributed by atoms with van der Waals surface area (Å²) >= 11 is 0. The second kappa shape index (κ2) is 8.53. The van der Waals surface area contributed by atoms with E-state index in [4.69, 9.17) is 4.74 Å². The van der Waals surface area contributed by atoms with Crippen LogP contribution in [0.5, 0.6) is 0 Å². The number of amides is 2. The van der Waals surface area contributed by atoms with Gasteiger partial charge < -0.3 is 14.7 Å². The Hall–Kier alpha value is -4.21. The first-order valence-corrected chi connectivity index (χ1v) is 11.3. The number of carbonyl (C=O) groups excluding carboxylic acids is 2. The first kappa shape index (κ1) is 22.6. The summed E-state index contributed by atoms with van der Waals surface area (Å²) in [7, 11) is 0. The molecule has 2 N–H and O–H groups in total. The zero-order valence-corrected chi connectivity index (χ0v) is 19.2. The molecule has 5 rings (SSSR count). The highest BCUT2D eigenvalue weighted by Gasteiger charge is 2.48. The van der Waals surface area contributed by atoms with E-state index in [1.165, 1.54) is 4.90 Å². The minimum absolute atomic E-state index is 0.0792. The Morgan fingerprint density at radius 1 is 1.09 bits per heavy atom. The molecule has 2 heterocycles. The molecule has 0 bridgehead atoms. The number of aliphatic carboxylic acids is 1. The van der Waals surface area contributed by atoms with Gasteiger partial charge in [-0.3, -0.25) is 10.1 Å². The fourth-order valence-electron chi connectivity index (χ4n) is 5.06. The van der Waals surface area contributed by atoms with E-state index < -0.39 is 29.4 Å². The summed E-state index contributed by atoms with van der Waals surface area (Å²) < 4.78 is 10.2. The number of anilines is 1. The highest BCUT2D eigenvalue weighted by atomic mass is 16.6. The number of carboxylic acid groups (broad SMARTS) is 1. The van der Waals surface area contributed by atoms with Crippen LogP contribution in [-0.4, -0.2) is 57.5 Å². The molecule has 35 heavy (non-hydrogen) atoms. The van der Waals surface area contributed by atoms with Gasteiger partial charge in [0, 0.05) is 12.5 Å². The quantitative estimate of drug-likeness (QED) is 0.568. The molecule has 1 atom stereocenters. The standard InChI is InChI=1S/C25H24N4O6/c1-25(2)11-12-29(20(25)23(31)32)22(30)19-21(28-35-27-19)26-24(33)34-13-18-16-9-5-3-7-14(16)15-8-4-6-10-17(15)18/h3-10,18,20H,11-13H2,1-2H3,(H,31,32)(H,26,28,33). The lowest BCUT2D eigenvalue weighted by Gasteiger charge is -2.28. The molecule has 3 aromatic rings. The van der Waals surface area contributed by atoms with Gasteiger partial charge in [0.2, 0.25) is 11.5 Å². The second-order valence-corrected chi connectivity index (χ2v) is 9.39. The van der Waals surface area contributed by atoms with Gasteiger partial charge >= 0.3 is 12.1 Å². The van der Waals surface area contributed by atoms with Crippen molar-refractivity contribution in [2.24, 2.45) is 5.41 Å². The van der Waals surface area contributed by atoms with Gasteiger partial charge in [-0.05, 0) is 44.4 Å². The first-order chi connectivity index (χ1) is 16.8. The van der Waals surface area contributed by atoms with E-state index in [1.54, 1.807) is 13.8 Å². The smallest absolute Gasteiger partial charge is 0.412 e. The minimum Gasteiger partial charge on any atom is -0.480 e. The zero-order valence-electron chi connectivity index (χ0n) is 19.2. The van der Waals surface area contributed by atoms with Crippen molar-refractivity contribution in [2.45, 2.75) is 32.2 Å². The molecule has 0 spiro atoms. The average molecular weight is 476 g/mol. The van der Waals surface area contributed by atoms with Gasteiger partial charge in [-0.2, -0.15) is 0 Å². The maximum atomic E-state index is 13.1. The van der Waals surface area contributed by atoms with Gasteiger partial charge in [0.15, 0.2) is 0 Å². The number of ether oxygens (including phenoxy) is 1. The van der Waals surface area contributed by atoms with E-state index in [2.05, 4.69) is 20.3 Å². The van der Waals surface area contributed by atoms with Crippen LogP contribution >= 0.6 is 0 Å². The topological polar surface area (TPSA) is 135 Å². The summed E-state index contributed by atoms with van der Waals surface area (Å²) in [6.45, 7) is 3.89. The summed E-state index contributed by atoms with van der Waals surface area (Å²) in [5.41, 5.74) is 3.45. The molecule has 1 unspecified atom stereocenters. The summed E-state index contributed by atoms with van der Waals surface area (Å²) in [5, 5.41) is 19.3. The Labute approximate surface area is 200 Å². The number of fused-ring (bicyclic) bond motifs is 3. The molecule has 180 valence electrons. The SMILES string of the molecule is CC1(C)CCN(C(=O)c2nonc2NC(=O)OCC2c3ccccc3-c3ccccc32)C1C(=O)O. The van der Waals surface area contributed by atoms with Gasteiger partial charge in [-0.15, -0.1) is 0 Å². The van der Waals surface area contributed by atoms with Crippen LogP contribution in [0.4, 0.5) is 10.6 Å². The number of hydrogen-bond acceptors (Lipinski definition) is 7. The molecule has 2 aliphatic rings. The molecule has 10 nitrogen and oxygen atoms in total. The first-order valence-electron chi connectivity index (χ1n) is 11.3. The summed E-state index contributed by atoms with van der Waals surface area (Å²) in [5.74, 6) is -2.14. The number of carboxylic acids is 1. The van der Waals surface area contributed by atoms with Crippen molar-refractivity contribution in [1.82, 2.24) is 15.2 Å². The maximum Gasteiger partial charge on any atom is 0.412 e. The van der Waals surface area contributed by atoms with Crippen molar-refractivity contribution in [3.8, 4) is 11.1 Å². The van der Waals surface area contributed by atoms with Crippen LogP contribution in [0.25, 0.3) is 11.1 Å². The highest BCUT2D eigenvalue weighted by Crippen LogP contribution is 2.44. The third-order valence-corrected chi connectivity index (χ3v) is 6.80. The molecule has 1 aliphatic carbocycles. The summed E-state index contributed by atoms with van der Waals surface area (Å²) in [6.07, 6.45) is -0.316. The van der Waals surface area contributed by atoms with E-state index in [-0.39, 0.29) is 30.6 Å². The molecule has 2 aromatic carbocycles. The molecule has 2 amide bonds. The van der Waals surface area contributed by atoms with Crippen molar-refractivity contribution in [2.75, 3.05) is 18.5 Å². The van der Waals surface area contributed by atoms with Crippen molar-refractivity contribution in [1.29, 1.82) is 0 Å². The van der Waals surface area contributed by atoms with Crippen LogP contribution in [0.1, 0.15) is 47.8 Å². The maximum absolute atomic E-state index is 13.1. The fraction of sp³-hybridized carbons (Fsp3) is 0.320. The largest absolute Gasteiger partial charge is 0.480 e. The van der Waals surface area contributed by atoms with Crippen LogP contribution < -0.4 is 5.32 Å². The number of benzene rings is 2. The van der Waals surface area contributed by atoms with Gasteiger partial charge in [-0.1, -0.05) is 62.4 Å². The van der Waals surface area contributed by atoms with Crippen LogP contribution in [-0.2, 0) is 9.53 Å². The Balaban J connectivity index is 1.29. The average Bonchev–Trinajstić information content (AvgIpc) is 3.51. The lowest BCUT2D eigenvalue weighted by Crippen LogP contribution is -2.46. The molecule has 10 heteroatoms. The molecule has 1 saturated heterocycles. The summed E-state index contributed by atoms with van der Waals surface area (Å²) in [4.78, 5) is 38.7. The number of carbonyl (C=O) groups is 3. The second-order valence-electron chi connectivity index (χ2n) is 9.39. The predicted molar refractivity (Wildman–Crippen MR) is 124 cm³/mol. The van der Waals surface area contributed by atoms with Crippen LogP contribution in [0.15, 0.2) is 53.2 Å².